The highest BCUT2D eigenvalue weighted by atomic mass is 79.9. The lowest BCUT2D eigenvalue weighted by atomic mass is 10.1. The van der Waals surface area contributed by atoms with Crippen molar-refractivity contribution in [3.05, 3.63) is 27.2 Å². The first kappa shape index (κ1) is 17.8. The van der Waals surface area contributed by atoms with E-state index >= 15 is 0 Å². The van der Waals surface area contributed by atoms with Gasteiger partial charge in [-0.1, -0.05) is 25.4 Å². The van der Waals surface area contributed by atoms with Gasteiger partial charge in [0.25, 0.3) is 15.0 Å². The number of carbonyl (C=O) groups excluding carboxylic acids is 1. The van der Waals surface area contributed by atoms with E-state index in [9.17, 15) is 13.2 Å². The molecule has 4 nitrogen and oxygen atoms in total. The number of benzene rings is 1. The molecule has 0 radical (unpaired) electrons. The lowest BCUT2D eigenvalue weighted by Crippen LogP contribution is -2.25. The summed E-state index contributed by atoms with van der Waals surface area (Å²) >= 11 is 8.95. The van der Waals surface area contributed by atoms with E-state index in [4.69, 9.17) is 22.3 Å². The highest BCUT2D eigenvalue weighted by Crippen LogP contribution is 2.33. The maximum atomic E-state index is 11.9. The Morgan fingerprint density at radius 1 is 1.40 bits per heavy atom. The molecule has 0 atom stereocenters. The first-order chi connectivity index (χ1) is 9.12. The minimum Gasteiger partial charge on any atom is -0.352 e. The maximum absolute atomic E-state index is 11.9. The fourth-order valence-corrected chi connectivity index (χ4v) is 3.83. The number of nitrogens with one attached hydrogen (secondary N) is 1. The van der Waals surface area contributed by atoms with Crippen LogP contribution < -0.4 is 5.32 Å². The molecule has 1 aromatic rings. The molecular formula is C12H14BrCl2NO3S. The Bertz CT molecular complexity index is 617. The Kier molecular flexibility index (Phi) is 6.31. The zero-order valence-electron chi connectivity index (χ0n) is 10.9. The van der Waals surface area contributed by atoms with E-state index in [-0.39, 0.29) is 25.9 Å². The molecule has 0 unspecified atom stereocenters. The molecule has 112 valence electrons. The molecule has 0 aliphatic heterocycles. The Labute approximate surface area is 136 Å². The second kappa shape index (κ2) is 7.11. The molecule has 1 N–H and O–H groups in total. The third-order valence-corrected chi connectivity index (χ3v) is 5.52. The minimum absolute atomic E-state index is 0.112. The largest absolute Gasteiger partial charge is 0.352 e. The molecule has 0 saturated heterocycles. The van der Waals surface area contributed by atoms with E-state index in [1.807, 2.05) is 13.8 Å². The molecule has 20 heavy (non-hydrogen) atoms. The standard InChI is InChI=1S/C12H14BrCl2NO3S/c1-7(2)3-4-16-12(17)8-5-9(14)11(13)10(6-8)20(15,18)19/h5-7H,3-4H2,1-2H3,(H,16,17). The number of halogens is 3. The van der Waals surface area contributed by atoms with Gasteiger partial charge < -0.3 is 5.32 Å². The van der Waals surface area contributed by atoms with E-state index in [2.05, 4.69) is 21.2 Å². The van der Waals surface area contributed by atoms with Gasteiger partial charge in [0.1, 0.15) is 0 Å². The minimum atomic E-state index is -3.99. The van der Waals surface area contributed by atoms with Crippen molar-refractivity contribution >= 4 is 53.2 Å². The van der Waals surface area contributed by atoms with Crippen molar-refractivity contribution in [2.24, 2.45) is 5.92 Å². The summed E-state index contributed by atoms with van der Waals surface area (Å²) in [5.41, 5.74) is 0.154. The highest BCUT2D eigenvalue weighted by molar-refractivity contribution is 9.10. The molecule has 0 spiro atoms. The average Bonchev–Trinajstić information content (AvgIpc) is 2.30. The molecule has 0 aromatic heterocycles. The van der Waals surface area contributed by atoms with Crippen LogP contribution in [0.5, 0.6) is 0 Å². The van der Waals surface area contributed by atoms with Gasteiger partial charge in [-0.25, -0.2) is 8.42 Å². The third kappa shape index (κ3) is 4.91. The summed E-state index contributed by atoms with van der Waals surface area (Å²) in [5, 5.41) is 2.82. The van der Waals surface area contributed by atoms with E-state index in [0.29, 0.717) is 12.5 Å². The van der Waals surface area contributed by atoms with Crippen molar-refractivity contribution in [1.82, 2.24) is 5.32 Å². The van der Waals surface area contributed by atoms with Crippen molar-refractivity contribution < 1.29 is 13.2 Å². The van der Waals surface area contributed by atoms with Gasteiger partial charge in [0.2, 0.25) is 0 Å². The number of rotatable bonds is 5. The van der Waals surface area contributed by atoms with Crippen LogP contribution in [0.2, 0.25) is 5.02 Å². The normalized spacial score (nSPS) is 11.7. The van der Waals surface area contributed by atoms with Crippen LogP contribution in [0.1, 0.15) is 30.6 Å². The molecule has 1 rings (SSSR count). The van der Waals surface area contributed by atoms with Gasteiger partial charge in [0.15, 0.2) is 0 Å². The highest BCUT2D eigenvalue weighted by Gasteiger charge is 2.20. The fourth-order valence-electron chi connectivity index (χ4n) is 1.45. The lowest BCUT2D eigenvalue weighted by Gasteiger charge is -2.09. The van der Waals surface area contributed by atoms with Crippen LogP contribution in [0.15, 0.2) is 21.5 Å². The second-order valence-electron chi connectivity index (χ2n) is 4.65. The smallest absolute Gasteiger partial charge is 0.262 e. The van der Waals surface area contributed by atoms with Crippen molar-refractivity contribution in [2.45, 2.75) is 25.2 Å². The van der Waals surface area contributed by atoms with E-state index in [1.54, 1.807) is 0 Å². The van der Waals surface area contributed by atoms with Gasteiger partial charge in [0, 0.05) is 22.8 Å². The lowest BCUT2D eigenvalue weighted by molar-refractivity contribution is 0.0952. The molecule has 0 aliphatic carbocycles. The fraction of sp³-hybridized carbons (Fsp3) is 0.417. The molecule has 0 heterocycles. The maximum Gasteiger partial charge on any atom is 0.262 e. The van der Waals surface area contributed by atoms with Crippen LogP contribution in [0.25, 0.3) is 0 Å². The van der Waals surface area contributed by atoms with Crippen molar-refractivity contribution in [3.63, 3.8) is 0 Å². The molecule has 1 aromatic carbocycles. The van der Waals surface area contributed by atoms with Gasteiger partial charge in [-0.05, 0) is 40.4 Å². The van der Waals surface area contributed by atoms with Gasteiger partial charge in [0.05, 0.1) is 14.4 Å². The van der Waals surface area contributed by atoms with Crippen LogP contribution in [-0.2, 0) is 9.05 Å². The quantitative estimate of drug-likeness (QED) is 0.761. The predicted molar refractivity (Wildman–Crippen MR) is 84.0 cm³/mol. The molecule has 0 bridgehead atoms. The Morgan fingerprint density at radius 3 is 2.50 bits per heavy atom. The SMILES string of the molecule is CC(C)CCNC(=O)c1cc(Cl)c(Br)c(S(=O)(=O)Cl)c1. The summed E-state index contributed by atoms with van der Waals surface area (Å²) in [6.07, 6.45) is 0.830. The summed E-state index contributed by atoms with van der Waals surface area (Å²) in [4.78, 5) is 11.7. The van der Waals surface area contributed by atoms with E-state index < -0.39 is 9.05 Å². The monoisotopic (exact) mass is 401 g/mol. The Hall–Kier alpha value is -0.300. The Balaban J connectivity index is 3.03. The van der Waals surface area contributed by atoms with Crippen molar-refractivity contribution in [1.29, 1.82) is 0 Å². The second-order valence-corrected chi connectivity index (χ2v) is 8.38. The van der Waals surface area contributed by atoms with Crippen LogP contribution in [0.4, 0.5) is 0 Å². The van der Waals surface area contributed by atoms with Crippen LogP contribution in [0.3, 0.4) is 0 Å². The average molecular weight is 403 g/mol. The van der Waals surface area contributed by atoms with Crippen molar-refractivity contribution in [3.8, 4) is 0 Å². The summed E-state index contributed by atoms with van der Waals surface area (Å²) in [5.74, 6) is 0.0733. The number of amides is 1. The summed E-state index contributed by atoms with van der Waals surface area (Å²) in [6, 6.07) is 2.59. The summed E-state index contributed by atoms with van der Waals surface area (Å²) in [6.45, 7) is 4.59. The summed E-state index contributed by atoms with van der Waals surface area (Å²) < 4.78 is 23.0. The van der Waals surface area contributed by atoms with Gasteiger partial charge >= 0.3 is 0 Å². The predicted octanol–water partition coefficient (Wildman–Crippen LogP) is 3.81. The van der Waals surface area contributed by atoms with Gasteiger partial charge in [-0.15, -0.1) is 0 Å². The molecule has 0 fully saturated rings. The molecule has 0 saturated carbocycles. The molecular weight excluding hydrogens is 389 g/mol. The van der Waals surface area contributed by atoms with Gasteiger partial charge in [-0.3, -0.25) is 4.79 Å². The zero-order valence-corrected chi connectivity index (χ0v) is 14.8. The van der Waals surface area contributed by atoms with E-state index in [1.165, 1.54) is 12.1 Å². The molecule has 8 heteroatoms. The molecule has 0 aliphatic rings. The number of carbonyl (C=O) groups is 1. The Morgan fingerprint density at radius 2 is 2.00 bits per heavy atom. The summed E-state index contributed by atoms with van der Waals surface area (Å²) in [7, 11) is 1.33. The topological polar surface area (TPSA) is 63.2 Å². The first-order valence-electron chi connectivity index (χ1n) is 5.85. The van der Waals surface area contributed by atoms with Crippen LogP contribution in [0, 0.1) is 5.92 Å². The van der Waals surface area contributed by atoms with Crippen LogP contribution >= 0.6 is 38.2 Å². The van der Waals surface area contributed by atoms with E-state index in [0.717, 1.165) is 6.42 Å². The van der Waals surface area contributed by atoms with Gasteiger partial charge in [-0.2, -0.15) is 0 Å². The van der Waals surface area contributed by atoms with Crippen LogP contribution in [-0.4, -0.2) is 20.9 Å². The zero-order chi connectivity index (χ0) is 15.5. The molecule has 1 amide bonds. The first-order valence-corrected chi connectivity index (χ1v) is 9.33. The number of hydrogen-bond acceptors (Lipinski definition) is 3. The number of hydrogen-bond donors (Lipinski definition) is 1. The van der Waals surface area contributed by atoms with Crippen molar-refractivity contribution in [2.75, 3.05) is 6.54 Å². The third-order valence-electron chi connectivity index (χ3n) is 2.53.